The fourth-order valence-corrected chi connectivity index (χ4v) is 3.16. The Morgan fingerprint density at radius 1 is 1.30 bits per heavy atom. The second-order valence-corrected chi connectivity index (χ2v) is 5.74. The van der Waals surface area contributed by atoms with E-state index in [0.717, 1.165) is 23.0 Å². The molecule has 0 spiro atoms. The second-order valence-electron chi connectivity index (χ2n) is 5.74. The molecule has 1 saturated heterocycles. The standard InChI is InChI=1S/C17H19N3O3/c1-3-4-6-11-7-5-8-12-15(11)19(2)17(23)20(12)13-9-10-14(21)18-16(13)22/h3-5,7-8,13H,6,9-10H2,1-2H3,(H,18,21,22)/b4-3+. The number of carbonyl (C=O) groups is 2. The lowest BCUT2D eigenvalue weighted by Crippen LogP contribution is -2.44. The summed E-state index contributed by atoms with van der Waals surface area (Å²) in [4.78, 5) is 36.2. The fraction of sp³-hybridized carbons (Fsp3) is 0.353. The molecule has 1 aliphatic heterocycles. The average Bonchev–Trinajstić information content (AvgIpc) is 2.78. The van der Waals surface area contributed by atoms with Gasteiger partial charge in [0.1, 0.15) is 6.04 Å². The quantitative estimate of drug-likeness (QED) is 0.688. The number of fused-ring (bicyclic) bond motifs is 1. The molecule has 1 N–H and O–H groups in total. The van der Waals surface area contributed by atoms with E-state index in [2.05, 4.69) is 5.32 Å². The number of nitrogens with zero attached hydrogens (tertiary/aromatic N) is 2. The third-order valence-electron chi connectivity index (χ3n) is 4.28. The molecular formula is C17H19N3O3. The number of carbonyl (C=O) groups excluding carboxylic acids is 2. The summed E-state index contributed by atoms with van der Waals surface area (Å²) in [6, 6.07) is 5.08. The smallest absolute Gasteiger partial charge is 0.295 e. The van der Waals surface area contributed by atoms with Gasteiger partial charge in [-0.3, -0.25) is 24.0 Å². The number of imide groups is 1. The number of aryl methyl sites for hydroxylation is 1. The van der Waals surface area contributed by atoms with Crippen LogP contribution in [0.3, 0.4) is 0 Å². The molecule has 0 bridgehead atoms. The van der Waals surface area contributed by atoms with E-state index in [1.807, 2.05) is 37.3 Å². The number of hydrogen-bond acceptors (Lipinski definition) is 3. The summed E-state index contributed by atoms with van der Waals surface area (Å²) in [5, 5.41) is 2.32. The van der Waals surface area contributed by atoms with Gasteiger partial charge in [0, 0.05) is 13.5 Å². The summed E-state index contributed by atoms with van der Waals surface area (Å²) >= 11 is 0. The van der Waals surface area contributed by atoms with Gasteiger partial charge in [-0.25, -0.2) is 4.79 Å². The number of piperidine rings is 1. The Hall–Kier alpha value is -2.63. The normalized spacial score (nSPS) is 18.8. The highest BCUT2D eigenvalue weighted by Gasteiger charge is 2.31. The zero-order chi connectivity index (χ0) is 16.6. The number of hydrogen-bond donors (Lipinski definition) is 1. The molecule has 1 fully saturated rings. The SMILES string of the molecule is C/C=C/Cc1cccc2c1n(C)c(=O)n2C1CCC(=O)NC1=O. The average molecular weight is 313 g/mol. The predicted octanol–water partition coefficient (Wildman–Crippen LogP) is 1.44. The van der Waals surface area contributed by atoms with Crippen LogP contribution in [-0.4, -0.2) is 20.9 Å². The maximum atomic E-state index is 12.7. The van der Waals surface area contributed by atoms with Crippen LogP contribution in [-0.2, 0) is 23.1 Å². The highest BCUT2D eigenvalue weighted by atomic mass is 16.2. The molecule has 1 atom stereocenters. The van der Waals surface area contributed by atoms with Crippen LogP contribution in [0.25, 0.3) is 11.0 Å². The summed E-state index contributed by atoms with van der Waals surface area (Å²) in [6.07, 6.45) is 5.32. The zero-order valence-corrected chi connectivity index (χ0v) is 13.2. The molecule has 1 aromatic heterocycles. The molecular weight excluding hydrogens is 294 g/mol. The van der Waals surface area contributed by atoms with E-state index in [-0.39, 0.29) is 18.0 Å². The first-order chi connectivity index (χ1) is 11.0. The van der Waals surface area contributed by atoms with Crippen LogP contribution in [0.5, 0.6) is 0 Å². The molecule has 2 heterocycles. The van der Waals surface area contributed by atoms with E-state index >= 15 is 0 Å². The summed E-state index contributed by atoms with van der Waals surface area (Å²) in [6.45, 7) is 1.95. The predicted molar refractivity (Wildman–Crippen MR) is 87.1 cm³/mol. The van der Waals surface area contributed by atoms with Crippen LogP contribution in [0.15, 0.2) is 35.1 Å². The van der Waals surface area contributed by atoms with Gasteiger partial charge in [0.25, 0.3) is 0 Å². The van der Waals surface area contributed by atoms with Gasteiger partial charge in [-0.2, -0.15) is 0 Å². The monoisotopic (exact) mass is 313 g/mol. The van der Waals surface area contributed by atoms with Crippen LogP contribution in [0.1, 0.15) is 31.4 Å². The number of rotatable bonds is 3. The molecule has 0 radical (unpaired) electrons. The molecule has 1 aliphatic rings. The fourth-order valence-electron chi connectivity index (χ4n) is 3.16. The Morgan fingerprint density at radius 3 is 2.78 bits per heavy atom. The number of imidazole rings is 1. The highest BCUT2D eigenvalue weighted by molar-refractivity contribution is 6.00. The Kier molecular flexibility index (Phi) is 3.90. The minimum absolute atomic E-state index is 0.234. The van der Waals surface area contributed by atoms with Gasteiger partial charge >= 0.3 is 5.69 Å². The molecule has 6 nitrogen and oxygen atoms in total. The molecule has 6 heteroatoms. The molecule has 23 heavy (non-hydrogen) atoms. The van der Waals surface area contributed by atoms with E-state index < -0.39 is 11.9 Å². The number of para-hydroxylation sites is 1. The Bertz CT molecular complexity index is 873. The third-order valence-corrected chi connectivity index (χ3v) is 4.28. The summed E-state index contributed by atoms with van der Waals surface area (Å²) in [5.41, 5.74) is 2.36. The molecule has 120 valence electrons. The number of amides is 2. The maximum Gasteiger partial charge on any atom is 0.329 e. The van der Waals surface area contributed by atoms with E-state index in [1.165, 1.54) is 4.57 Å². The molecule has 2 aromatic rings. The summed E-state index contributed by atoms with van der Waals surface area (Å²) in [7, 11) is 1.71. The van der Waals surface area contributed by atoms with Crippen molar-refractivity contribution in [2.24, 2.45) is 7.05 Å². The van der Waals surface area contributed by atoms with Crippen molar-refractivity contribution in [3.63, 3.8) is 0 Å². The molecule has 3 rings (SSSR count). The van der Waals surface area contributed by atoms with E-state index in [9.17, 15) is 14.4 Å². The van der Waals surface area contributed by atoms with Crippen molar-refractivity contribution in [2.75, 3.05) is 0 Å². The Balaban J connectivity index is 2.19. The van der Waals surface area contributed by atoms with Gasteiger partial charge in [0.2, 0.25) is 11.8 Å². The van der Waals surface area contributed by atoms with Crippen molar-refractivity contribution in [1.29, 1.82) is 0 Å². The van der Waals surface area contributed by atoms with E-state index in [0.29, 0.717) is 6.42 Å². The summed E-state index contributed by atoms with van der Waals surface area (Å²) in [5.74, 6) is -0.692. The van der Waals surface area contributed by atoms with Crippen molar-refractivity contribution >= 4 is 22.8 Å². The van der Waals surface area contributed by atoms with Gasteiger partial charge in [-0.05, 0) is 31.4 Å². The first kappa shape index (κ1) is 15.3. The minimum Gasteiger partial charge on any atom is -0.295 e. The van der Waals surface area contributed by atoms with Gasteiger partial charge in [0.15, 0.2) is 0 Å². The van der Waals surface area contributed by atoms with Gasteiger partial charge in [0.05, 0.1) is 11.0 Å². The van der Waals surface area contributed by atoms with Crippen molar-refractivity contribution in [3.8, 4) is 0 Å². The van der Waals surface area contributed by atoms with Gasteiger partial charge in [-0.1, -0.05) is 24.3 Å². The van der Waals surface area contributed by atoms with Crippen LogP contribution < -0.4 is 11.0 Å². The topological polar surface area (TPSA) is 73.1 Å². The Labute approximate surface area is 133 Å². The van der Waals surface area contributed by atoms with E-state index in [1.54, 1.807) is 11.6 Å². The van der Waals surface area contributed by atoms with Gasteiger partial charge in [-0.15, -0.1) is 0 Å². The highest BCUT2D eigenvalue weighted by Crippen LogP contribution is 2.25. The first-order valence-corrected chi connectivity index (χ1v) is 7.68. The lowest BCUT2D eigenvalue weighted by Gasteiger charge is -2.21. The second kappa shape index (κ2) is 5.87. The van der Waals surface area contributed by atoms with Crippen LogP contribution in [0.2, 0.25) is 0 Å². The van der Waals surface area contributed by atoms with Crippen molar-refractivity contribution < 1.29 is 9.59 Å². The maximum absolute atomic E-state index is 12.7. The summed E-state index contributed by atoms with van der Waals surface area (Å²) < 4.78 is 3.09. The van der Waals surface area contributed by atoms with Crippen molar-refractivity contribution in [1.82, 2.24) is 14.5 Å². The molecule has 0 aliphatic carbocycles. The number of nitrogens with one attached hydrogen (secondary N) is 1. The number of aromatic nitrogens is 2. The molecule has 1 unspecified atom stereocenters. The van der Waals surface area contributed by atoms with Crippen molar-refractivity contribution in [2.45, 2.75) is 32.2 Å². The molecule has 2 amide bonds. The van der Waals surface area contributed by atoms with E-state index in [4.69, 9.17) is 0 Å². The largest absolute Gasteiger partial charge is 0.329 e. The Morgan fingerprint density at radius 2 is 2.09 bits per heavy atom. The zero-order valence-electron chi connectivity index (χ0n) is 13.2. The lowest BCUT2D eigenvalue weighted by atomic mass is 10.1. The van der Waals surface area contributed by atoms with Gasteiger partial charge < -0.3 is 0 Å². The lowest BCUT2D eigenvalue weighted by molar-refractivity contribution is -0.135. The van der Waals surface area contributed by atoms with Crippen LogP contribution in [0, 0.1) is 0 Å². The molecule has 0 saturated carbocycles. The van der Waals surface area contributed by atoms with Crippen molar-refractivity contribution in [3.05, 3.63) is 46.4 Å². The number of allylic oxidation sites excluding steroid dienone is 2. The number of benzene rings is 1. The van der Waals surface area contributed by atoms with Crippen LogP contribution in [0.4, 0.5) is 0 Å². The third kappa shape index (κ3) is 2.50. The minimum atomic E-state index is -0.638. The first-order valence-electron chi connectivity index (χ1n) is 7.68. The van der Waals surface area contributed by atoms with Crippen LogP contribution >= 0.6 is 0 Å². The molecule has 1 aromatic carbocycles.